The molecule has 3 aromatic carbocycles. The number of nitrogens with zero attached hydrogens (tertiary/aromatic N) is 11. The number of carbonyl (C=O) groups is 3. The zero-order valence-corrected chi connectivity index (χ0v) is 59.3. The Balaban J connectivity index is 0.000000125. The largest absolute Gasteiger partial charge is 0.383 e. The summed E-state index contributed by atoms with van der Waals surface area (Å²) in [7, 11) is 5.95. The summed E-state index contributed by atoms with van der Waals surface area (Å²) in [6, 6.07) is 30.5. The van der Waals surface area contributed by atoms with E-state index in [1.54, 1.807) is 102 Å². The fourth-order valence-corrected chi connectivity index (χ4v) is 15.3. The molecule has 8 N–H and O–H groups in total. The number of carbonyl (C=O) groups excluding carboxylic acids is 3. The van der Waals surface area contributed by atoms with Gasteiger partial charge in [-0.2, -0.15) is 0 Å². The van der Waals surface area contributed by atoms with Gasteiger partial charge in [-0.3, -0.25) is 27.6 Å². The van der Waals surface area contributed by atoms with E-state index in [0.29, 0.717) is 136 Å². The Labute approximate surface area is 620 Å². The van der Waals surface area contributed by atoms with E-state index in [4.69, 9.17) is 14.2 Å². The van der Waals surface area contributed by atoms with E-state index in [-0.39, 0.29) is 53.5 Å². The van der Waals surface area contributed by atoms with Gasteiger partial charge in [-0.1, -0.05) is 30.3 Å². The number of ether oxygens (including phenoxy) is 3. The number of imidazole rings is 3. The molecule has 12 aromatic rings. The number of piperidine rings is 1. The average molecular weight is 1480 g/mol. The summed E-state index contributed by atoms with van der Waals surface area (Å²) >= 11 is 0. The van der Waals surface area contributed by atoms with Crippen molar-refractivity contribution in [1.29, 1.82) is 0 Å². The Bertz CT molecular complexity index is 5270. The van der Waals surface area contributed by atoms with E-state index in [1.165, 1.54) is 36.4 Å². The summed E-state index contributed by atoms with van der Waals surface area (Å²) in [5, 5.41) is 39.7. The lowest BCUT2D eigenvalue weighted by Gasteiger charge is -2.44. The van der Waals surface area contributed by atoms with Crippen molar-refractivity contribution < 1.29 is 60.8 Å². The van der Waals surface area contributed by atoms with E-state index >= 15 is 0 Å². The minimum absolute atomic E-state index is 0.0950. The molecule has 558 valence electrons. The molecular formula is C79H74F5N17O8. The molecular weight excluding hydrogens is 1410 g/mol. The van der Waals surface area contributed by atoms with Crippen LogP contribution in [-0.2, 0) is 45.0 Å². The molecule has 3 saturated heterocycles. The third kappa shape index (κ3) is 13.9. The monoisotopic (exact) mass is 1480 g/mol. The van der Waals surface area contributed by atoms with Gasteiger partial charge in [0, 0.05) is 148 Å². The summed E-state index contributed by atoms with van der Waals surface area (Å²) in [5.74, 6) is 0.796. The second-order valence-electron chi connectivity index (χ2n) is 28.0. The van der Waals surface area contributed by atoms with Crippen LogP contribution < -0.4 is 36.8 Å². The van der Waals surface area contributed by atoms with Crippen LogP contribution in [0.25, 0.3) is 50.7 Å². The number of fused-ring (bicyclic) bond motifs is 6. The predicted molar refractivity (Wildman–Crippen MR) is 396 cm³/mol. The molecule has 109 heavy (non-hydrogen) atoms. The Hall–Kier alpha value is -11.8. The number of nitrogens with one attached hydrogen (secondary N) is 6. The fourth-order valence-electron chi connectivity index (χ4n) is 15.3. The zero-order chi connectivity index (χ0) is 75.5. The van der Waals surface area contributed by atoms with Crippen molar-refractivity contribution in [2.45, 2.75) is 75.0 Å². The minimum Gasteiger partial charge on any atom is -0.383 e. The number of methoxy groups -OCH3 is 1. The zero-order valence-electron chi connectivity index (χ0n) is 59.3. The van der Waals surface area contributed by atoms with E-state index in [1.807, 2.05) is 40.9 Å². The maximum Gasteiger partial charge on any atom is 0.264 e. The summed E-state index contributed by atoms with van der Waals surface area (Å²) in [6.07, 6.45) is 12.8. The van der Waals surface area contributed by atoms with Crippen molar-refractivity contribution in [3.63, 3.8) is 0 Å². The number of alkyl halides is 4. The predicted octanol–water partition coefficient (Wildman–Crippen LogP) is 11.9. The lowest BCUT2D eigenvalue weighted by molar-refractivity contribution is -0.0372. The first-order chi connectivity index (χ1) is 52.7. The molecule has 25 nitrogen and oxygen atoms in total. The first-order valence-corrected chi connectivity index (χ1v) is 35.4. The second kappa shape index (κ2) is 29.1. The lowest BCUT2D eigenvalue weighted by Crippen LogP contribution is -2.54. The van der Waals surface area contributed by atoms with Crippen molar-refractivity contribution in [3.05, 3.63) is 226 Å². The lowest BCUT2D eigenvalue weighted by atomic mass is 9.91. The van der Waals surface area contributed by atoms with E-state index in [0.717, 1.165) is 77.2 Å². The number of likely N-dealkylation sites (N-methyl/N-ethyl adjacent to an activating group) is 1. The standard InChI is InChI=1S/C29H32FN7O2.2C25H21F2N5O3/c1-35(2)17-29(39-3)10-4-11-36(18-29)20-5-8-25(31-14-20)34-23-7-6-21(22-15-33-28(38)27(22)23)24-16-32-26-13-19(30)9-12-37(24)26;2*26-23(27)14-5-7-32-19(12-29-21(32)9-14)16-2-3-18(22-17(16)11-30-24(22)33)31-20-4-1-15(10-28-20)25(34)6-8-35-13-25/h5-9,12-14,16H,4,10-11,15,17-18H2,1-3H3,(H,31,34)(H,33,38);2*1-5,7,9-10,12,23,34H,6,8,11,13H2,(H,28,31)(H,30,33)/t29-;2*25-/m110/s1. The van der Waals surface area contributed by atoms with Crippen LogP contribution in [0.15, 0.2) is 165 Å². The number of rotatable bonds is 17. The van der Waals surface area contributed by atoms with E-state index < -0.39 is 24.1 Å². The number of aliphatic hydroxyl groups is 2. The maximum atomic E-state index is 13.7. The van der Waals surface area contributed by atoms with Crippen molar-refractivity contribution in [2.75, 3.05) is 88.1 Å². The van der Waals surface area contributed by atoms with Crippen LogP contribution in [-0.4, -0.2) is 149 Å². The molecule has 3 amide bonds. The Morgan fingerprint density at radius 3 is 1.33 bits per heavy atom. The summed E-state index contributed by atoms with van der Waals surface area (Å²) < 4.78 is 87.9. The van der Waals surface area contributed by atoms with Crippen LogP contribution in [0, 0.1) is 5.82 Å². The third-order valence-electron chi connectivity index (χ3n) is 20.9. The molecule has 0 aliphatic carbocycles. The highest BCUT2D eigenvalue weighted by Crippen LogP contribution is 2.42. The highest BCUT2D eigenvalue weighted by Gasteiger charge is 2.39. The maximum absolute atomic E-state index is 13.7. The molecule has 18 rings (SSSR count). The van der Waals surface area contributed by atoms with Crippen LogP contribution in [0.4, 0.5) is 62.2 Å². The van der Waals surface area contributed by atoms with Gasteiger partial charge in [0.2, 0.25) is 0 Å². The van der Waals surface area contributed by atoms with E-state index in [9.17, 15) is 46.5 Å². The quantitative estimate of drug-likeness (QED) is 0.0393. The van der Waals surface area contributed by atoms with Crippen LogP contribution >= 0.6 is 0 Å². The van der Waals surface area contributed by atoms with Gasteiger partial charge >= 0.3 is 0 Å². The highest BCUT2D eigenvalue weighted by molar-refractivity contribution is 6.08. The van der Waals surface area contributed by atoms with Gasteiger partial charge in [0.25, 0.3) is 30.6 Å². The molecule has 6 aliphatic heterocycles. The van der Waals surface area contributed by atoms with Gasteiger partial charge in [-0.05, 0) is 116 Å². The molecule has 3 atom stereocenters. The smallest absolute Gasteiger partial charge is 0.264 e. The number of anilines is 7. The van der Waals surface area contributed by atoms with Crippen LogP contribution in [0.5, 0.6) is 0 Å². The Morgan fingerprint density at radius 1 is 0.532 bits per heavy atom. The molecule has 3 fully saturated rings. The molecule has 0 bridgehead atoms. The van der Waals surface area contributed by atoms with Gasteiger partial charge in [-0.15, -0.1) is 0 Å². The van der Waals surface area contributed by atoms with Crippen molar-refractivity contribution >= 4 is 74.9 Å². The van der Waals surface area contributed by atoms with Gasteiger partial charge in [0.1, 0.15) is 51.4 Å². The van der Waals surface area contributed by atoms with Gasteiger partial charge in [0.15, 0.2) is 0 Å². The normalized spacial score (nSPS) is 19.2. The SMILES string of the molecule is CO[C@@]1(CN(C)C)CCCN(c2ccc(Nc3ccc(-c4cnc5cc(F)ccn45)c4c3C(=O)NC4)nc2)C1.O=C1NCc2c(-c3cnc4cc(C(F)F)ccn34)ccc(Nc3ccc([C@@]4(O)CCOC4)cn3)c21.O=C1NCc2c(-c3cnc4cc(C(F)F)ccn34)ccc(Nc3ccc([C@]4(O)CCOC4)cn3)c21. The minimum atomic E-state index is -2.58. The first-order valence-electron chi connectivity index (χ1n) is 35.4. The molecule has 0 saturated carbocycles. The van der Waals surface area contributed by atoms with E-state index in [2.05, 4.69) is 91.8 Å². The molecule has 0 spiro atoms. The molecule has 6 aliphatic rings. The number of halogens is 5. The number of aromatic nitrogens is 9. The fraction of sp³-hybridized carbons (Fsp3) is 0.278. The highest BCUT2D eigenvalue weighted by atomic mass is 19.3. The Morgan fingerprint density at radius 2 is 0.954 bits per heavy atom. The third-order valence-corrected chi connectivity index (χ3v) is 20.9. The average Bonchev–Trinajstić information content (AvgIpc) is 1.63. The van der Waals surface area contributed by atoms with Gasteiger partial charge in [0.05, 0.1) is 100 Å². The summed E-state index contributed by atoms with van der Waals surface area (Å²) in [6.45, 7) is 5.19. The molecule has 9 aromatic heterocycles. The number of hydrogen-bond acceptors (Lipinski definition) is 19. The molecule has 0 radical (unpaired) electrons. The van der Waals surface area contributed by atoms with Gasteiger partial charge < -0.3 is 66.1 Å². The first kappa shape index (κ1) is 71.5. The van der Waals surface area contributed by atoms with Crippen molar-refractivity contribution in [3.8, 4) is 33.8 Å². The number of hydrogen-bond donors (Lipinski definition) is 8. The Kier molecular flexibility index (Phi) is 19.1. The van der Waals surface area contributed by atoms with Crippen molar-refractivity contribution in [1.82, 2.24) is 64.0 Å². The van der Waals surface area contributed by atoms with Crippen molar-refractivity contribution in [2.24, 2.45) is 0 Å². The molecule has 0 unspecified atom stereocenters. The number of amides is 3. The second-order valence-corrected chi connectivity index (χ2v) is 28.0. The van der Waals surface area contributed by atoms with Crippen LogP contribution in [0.3, 0.4) is 0 Å². The number of benzene rings is 3. The molecule has 15 heterocycles. The molecule has 30 heteroatoms. The van der Waals surface area contributed by atoms with Crippen LogP contribution in [0.1, 0.15) is 109 Å². The topological polar surface area (TPSA) is 289 Å². The summed E-state index contributed by atoms with van der Waals surface area (Å²) in [5.41, 5.74) is 11.8. The number of pyridine rings is 6. The van der Waals surface area contributed by atoms with Crippen LogP contribution in [0.2, 0.25) is 0 Å². The van der Waals surface area contributed by atoms with Gasteiger partial charge in [-0.25, -0.2) is 51.9 Å². The summed E-state index contributed by atoms with van der Waals surface area (Å²) in [4.78, 5) is 69.2.